The zero-order chi connectivity index (χ0) is 16.8. The van der Waals surface area contributed by atoms with E-state index < -0.39 is 0 Å². The first-order valence-corrected chi connectivity index (χ1v) is 9.19. The molecular weight excluding hydrogens is 322 g/mol. The highest BCUT2D eigenvalue weighted by Crippen LogP contribution is 2.19. The number of rotatable bonds is 5. The minimum atomic E-state index is -0.151. The molecule has 2 aromatic rings. The first-order valence-electron chi connectivity index (χ1n) is 8.31. The van der Waals surface area contributed by atoms with Crippen molar-refractivity contribution in [3.63, 3.8) is 0 Å². The van der Waals surface area contributed by atoms with E-state index in [-0.39, 0.29) is 17.9 Å². The summed E-state index contributed by atoms with van der Waals surface area (Å²) in [6, 6.07) is 9.79. The number of aromatic nitrogens is 1. The van der Waals surface area contributed by atoms with Gasteiger partial charge >= 0.3 is 0 Å². The number of benzene rings is 1. The lowest BCUT2D eigenvalue weighted by atomic mass is 9.95. The Hall–Kier alpha value is -2.21. The largest absolute Gasteiger partial charge is 0.348 e. The van der Waals surface area contributed by atoms with E-state index in [9.17, 15) is 9.59 Å². The Labute approximate surface area is 145 Å². The topological polar surface area (TPSA) is 71.1 Å². The molecule has 0 unspecified atom stereocenters. The van der Waals surface area contributed by atoms with Crippen LogP contribution in [0.5, 0.6) is 0 Å². The lowest BCUT2D eigenvalue weighted by Gasteiger charge is -2.22. The van der Waals surface area contributed by atoms with E-state index in [2.05, 4.69) is 15.6 Å². The van der Waals surface area contributed by atoms with Gasteiger partial charge in [-0.15, -0.1) is 11.3 Å². The van der Waals surface area contributed by atoms with Gasteiger partial charge in [0.25, 0.3) is 5.91 Å². The Balaban J connectivity index is 1.52. The van der Waals surface area contributed by atoms with E-state index in [1.807, 2.05) is 30.3 Å². The molecule has 0 bridgehead atoms. The van der Waals surface area contributed by atoms with Crippen LogP contribution in [0.1, 0.15) is 48.2 Å². The van der Waals surface area contributed by atoms with Crippen LogP contribution in [-0.2, 0) is 11.2 Å². The van der Waals surface area contributed by atoms with Gasteiger partial charge in [0, 0.05) is 11.4 Å². The Morgan fingerprint density at radius 3 is 2.62 bits per heavy atom. The minimum absolute atomic E-state index is 0.130. The summed E-state index contributed by atoms with van der Waals surface area (Å²) in [4.78, 5) is 28.5. The number of carbonyl (C=O) groups is 2. The summed E-state index contributed by atoms with van der Waals surface area (Å²) in [6.07, 6.45) is 5.96. The molecule has 6 heteroatoms. The van der Waals surface area contributed by atoms with Gasteiger partial charge in [0.2, 0.25) is 5.91 Å². The third-order valence-corrected chi connectivity index (χ3v) is 4.89. The van der Waals surface area contributed by atoms with Crippen molar-refractivity contribution in [1.82, 2.24) is 10.3 Å². The summed E-state index contributed by atoms with van der Waals surface area (Å²) in [5, 5.41) is 7.95. The van der Waals surface area contributed by atoms with Gasteiger partial charge in [0.15, 0.2) is 5.13 Å². The molecule has 0 saturated heterocycles. The number of thiazole rings is 1. The summed E-state index contributed by atoms with van der Waals surface area (Å²) >= 11 is 1.27. The second-order valence-corrected chi connectivity index (χ2v) is 6.91. The number of nitrogens with one attached hydrogen (secondary N) is 2. The minimum Gasteiger partial charge on any atom is -0.348 e. The SMILES string of the molecule is O=C(Cc1ccccc1)Nc1nc(C(=O)NC2CCCCC2)cs1. The van der Waals surface area contributed by atoms with E-state index in [1.165, 1.54) is 30.6 Å². The molecule has 0 aliphatic heterocycles. The highest BCUT2D eigenvalue weighted by Gasteiger charge is 2.18. The van der Waals surface area contributed by atoms with Crippen LogP contribution < -0.4 is 10.6 Å². The van der Waals surface area contributed by atoms with Crippen LogP contribution in [0.25, 0.3) is 0 Å². The van der Waals surface area contributed by atoms with E-state index in [4.69, 9.17) is 0 Å². The Kier molecular flexibility index (Phi) is 5.59. The van der Waals surface area contributed by atoms with Crippen molar-refractivity contribution in [3.05, 3.63) is 47.0 Å². The first-order chi connectivity index (χ1) is 11.7. The van der Waals surface area contributed by atoms with Crippen molar-refractivity contribution in [2.75, 3.05) is 5.32 Å². The van der Waals surface area contributed by atoms with Gasteiger partial charge in [-0.2, -0.15) is 0 Å². The molecule has 0 spiro atoms. The highest BCUT2D eigenvalue weighted by molar-refractivity contribution is 7.14. The molecule has 1 aromatic heterocycles. The third-order valence-electron chi connectivity index (χ3n) is 4.13. The molecule has 5 nitrogen and oxygen atoms in total. The second kappa shape index (κ2) is 8.06. The molecule has 2 amide bonds. The predicted molar refractivity (Wildman–Crippen MR) is 95.2 cm³/mol. The number of hydrogen-bond donors (Lipinski definition) is 2. The fourth-order valence-electron chi connectivity index (χ4n) is 2.89. The summed E-state index contributed by atoms with van der Waals surface area (Å²) in [7, 11) is 0. The van der Waals surface area contributed by atoms with E-state index in [1.54, 1.807) is 5.38 Å². The molecule has 3 rings (SSSR count). The molecule has 1 saturated carbocycles. The van der Waals surface area contributed by atoms with Crippen LogP contribution in [0.3, 0.4) is 0 Å². The monoisotopic (exact) mass is 343 g/mol. The third kappa shape index (κ3) is 4.64. The maximum atomic E-state index is 12.2. The van der Waals surface area contributed by atoms with Crippen LogP contribution in [0, 0.1) is 0 Å². The normalized spacial score (nSPS) is 15.0. The summed E-state index contributed by atoms with van der Waals surface area (Å²) in [5.41, 5.74) is 1.32. The maximum absolute atomic E-state index is 12.2. The van der Waals surface area contributed by atoms with Crippen molar-refractivity contribution < 1.29 is 9.59 Å². The van der Waals surface area contributed by atoms with E-state index in [0.29, 0.717) is 17.2 Å². The van der Waals surface area contributed by atoms with Gasteiger partial charge in [-0.1, -0.05) is 49.6 Å². The van der Waals surface area contributed by atoms with Crippen LogP contribution >= 0.6 is 11.3 Å². The van der Waals surface area contributed by atoms with Crippen molar-refractivity contribution in [3.8, 4) is 0 Å². The molecule has 0 radical (unpaired) electrons. The average Bonchev–Trinajstić information content (AvgIpc) is 3.05. The lowest BCUT2D eigenvalue weighted by Crippen LogP contribution is -2.36. The van der Waals surface area contributed by atoms with Crippen molar-refractivity contribution in [2.45, 2.75) is 44.6 Å². The smallest absolute Gasteiger partial charge is 0.271 e. The molecule has 126 valence electrons. The number of carbonyl (C=O) groups excluding carboxylic acids is 2. The van der Waals surface area contributed by atoms with Crippen LogP contribution in [0.15, 0.2) is 35.7 Å². The molecule has 1 aromatic carbocycles. The molecule has 0 atom stereocenters. The molecule has 1 heterocycles. The van der Waals surface area contributed by atoms with Crippen molar-refractivity contribution in [2.24, 2.45) is 0 Å². The molecular formula is C18H21N3O2S. The van der Waals surface area contributed by atoms with E-state index in [0.717, 1.165) is 18.4 Å². The number of anilines is 1. The highest BCUT2D eigenvalue weighted by atomic mass is 32.1. The van der Waals surface area contributed by atoms with Gasteiger partial charge in [-0.3, -0.25) is 9.59 Å². The van der Waals surface area contributed by atoms with Gasteiger partial charge < -0.3 is 10.6 Å². The molecule has 2 N–H and O–H groups in total. The summed E-state index contributed by atoms with van der Waals surface area (Å²) < 4.78 is 0. The van der Waals surface area contributed by atoms with Gasteiger partial charge in [-0.25, -0.2) is 4.98 Å². The number of nitrogens with zero attached hydrogens (tertiary/aromatic N) is 1. The molecule has 1 aliphatic carbocycles. The molecule has 1 aliphatic rings. The van der Waals surface area contributed by atoms with Gasteiger partial charge in [0.05, 0.1) is 6.42 Å². The first kappa shape index (κ1) is 16.6. The lowest BCUT2D eigenvalue weighted by molar-refractivity contribution is -0.115. The van der Waals surface area contributed by atoms with Crippen LogP contribution in [0.4, 0.5) is 5.13 Å². The Morgan fingerprint density at radius 2 is 1.88 bits per heavy atom. The fraction of sp³-hybridized carbons (Fsp3) is 0.389. The zero-order valence-corrected chi connectivity index (χ0v) is 14.3. The van der Waals surface area contributed by atoms with Crippen molar-refractivity contribution >= 4 is 28.3 Å². The second-order valence-electron chi connectivity index (χ2n) is 6.06. The maximum Gasteiger partial charge on any atom is 0.271 e. The van der Waals surface area contributed by atoms with Crippen LogP contribution in [-0.4, -0.2) is 22.8 Å². The van der Waals surface area contributed by atoms with Gasteiger partial charge in [0.1, 0.15) is 5.69 Å². The summed E-state index contributed by atoms with van der Waals surface area (Å²) in [6.45, 7) is 0. The standard InChI is InChI=1S/C18H21N3O2S/c22-16(11-13-7-3-1-4-8-13)21-18-20-15(12-24-18)17(23)19-14-9-5-2-6-10-14/h1,3-4,7-8,12,14H,2,5-6,9-11H2,(H,19,23)(H,20,21,22). The summed E-state index contributed by atoms with van der Waals surface area (Å²) in [5.74, 6) is -0.281. The molecule has 24 heavy (non-hydrogen) atoms. The van der Waals surface area contributed by atoms with E-state index >= 15 is 0 Å². The Morgan fingerprint density at radius 1 is 1.12 bits per heavy atom. The number of hydrogen-bond acceptors (Lipinski definition) is 4. The molecule has 1 fully saturated rings. The Bertz CT molecular complexity index is 693. The predicted octanol–water partition coefficient (Wildman–Crippen LogP) is 3.39. The van der Waals surface area contributed by atoms with Crippen molar-refractivity contribution in [1.29, 1.82) is 0 Å². The van der Waals surface area contributed by atoms with Gasteiger partial charge in [-0.05, 0) is 18.4 Å². The fourth-order valence-corrected chi connectivity index (χ4v) is 3.59. The average molecular weight is 343 g/mol. The van der Waals surface area contributed by atoms with Crippen LogP contribution in [0.2, 0.25) is 0 Å². The number of amides is 2. The quantitative estimate of drug-likeness (QED) is 0.874. The zero-order valence-electron chi connectivity index (χ0n) is 13.5.